The van der Waals surface area contributed by atoms with Crippen LogP contribution >= 0.6 is 15.9 Å². The van der Waals surface area contributed by atoms with Crippen molar-refractivity contribution in [2.45, 2.75) is 33.2 Å². The third-order valence-corrected chi connectivity index (χ3v) is 3.50. The first kappa shape index (κ1) is 15.7. The molecule has 104 valence electrons. The first-order valence-corrected chi connectivity index (χ1v) is 7.06. The van der Waals surface area contributed by atoms with Crippen LogP contribution in [0.15, 0.2) is 28.7 Å². The van der Waals surface area contributed by atoms with Gasteiger partial charge in [0.05, 0.1) is 0 Å². The molecule has 4 nitrogen and oxygen atoms in total. The molecule has 0 aliphatic rings. The van der Waals surface area contributed by atoms with Crippen LogP contribution in [0.1, 0.15) is 27.2 Å². The fraction of sp³-hybridized carbons (Fsp3) is 0.429. The van der Waals surface area contributed by atoms with E-state index in [0.717, 1.165) is 16.6 Å². The van der Waals surface area contributed by atoms with Crippen molar-refractivity contribution in [3.8, 4) is 0 Å². The number of anilines is 1. The highest BCUT2D eigenvalue weighted by molar-refractivity contribution is 9.10. The first-order chi connectivity index (χ1) is 8.93. The van der Waals surface area contributed by atoms with Crippen LogP contribution in [0.4, 0.5) is 5.69 Å². The Bertz CT molecular complexity index is 445. The van der Waals surface area contributed by atoms with Gasteiger partial charge < -0.3 is 10.2 Å². The van der Waals surface area contributed by atoms with Crippen molar-refractivity contribution in [3.05, 3.63) is 28.7 Å². The zero-order valence-electron chi connectivity index (χ0n) is 11.4. The van der Waals surface area contributed by atoms with E-state index >= 15 is 0 Å². The summed E-state index contributed by atoms with van der Waals surface area (Å²) in [5.41, 5.74) is 0.723. The molecule has 0 aliphatic heterocycles. The molecular formula is C14H19BrN2O2. The van der Waals surface area contributed by atoms with Crippen LogP contribution in [0, 0.1) is 0 Å². The van der Waals surface area contributed by atoms with Gasteiger partial charge >= 0.3 is 0 Å². The Labute approximate surface area is 122 Å². The van der Waals surface area contributed by atoms with Crippen LogP contribution in [-0.4, -0.2) is 29.3 Å². The van der Waals surface area contributed by atoms with Gasteiger partial charge in [-0.25, -0.2) is 0 Å². The summed E-state index contributed by atoms with van der Waals surface area (Å²) in [5, 5.41) is 2.78. The molecule has 1 aromatic rings. The maximum absolute atomic E-state index is 11.9. The Balaban J connectivity index is 2.62. The second-order valence-corrected chi connectivity index (χ2v) is 5.37. The molecule has 0 heterocycles. The Morgan fingerprint density at radius 3 is 2.37 bits per heavy atom. The van der Waals surface area contributed by atoms with Crippen molar-refractivity contribution < 1.29 is 9.59 Å². The molecular weight excluding hydrogens is 308 g/mol. The highest BCUT2D eigenvalue weighted by Crippen LogP contribution is 2.14. The smallest absolute Gasteiger partial charge is 0.244 e. The molecule has 0 radical (unpaired) electrons. The van der Waals surface area contributed by atoms with Gasteiger partial charge in [0.15, 0.2) is 0 Å². The van der Waals surface area contributed by atoms with Gasteiger partial charge in [-0.15, -0.1) is 0 Å². The van der Waals surface area contributed by atoms with Crippen molar-refractivity contribution in [1.29, 1.82) is 0 Å². The standard InChI is InChI=1S/C14H19BrN2O2/c1-4-10(2)17(11(3)18)9-14(19)16-13-7-5-12(15)6-8-13/h5-8,10H,4,9H2,1-3H3,(H,16,19). The third kappa shape index (κ3) is 5.03. The second-order valence-electron chi connectivity index (χ2n) is 4.46. The molecule has 0 aliphatic carbocycles. The topological polar surface area (TPSA) is 49.4 Å². The van der Waals surface area contributed by atoms with E-state index in [1.807, 2.05) is 38.1 Å². The largest absolute Gasteiger partial charge is 0.331 e. The van der Waals surface area contributed by atoms with E-state index in [2.05, 4.69) is 21.2 Å². The highest BCUT2D eigenvalue weighted by Gasteiger charge is 2.18. The second kappa shape index (κ2) is 7.28. The van der Waals surface area contributed by atoms with Crippen molar-refractivity contribution in [2.75, 3.05) is 11.9 Å². The predicted molar refractivity (Wildman–Crippen MR) is 79.9 cm³/mol. The molecule has 1 rings (SSSR count). The number of amides is 2. The molecule has 1 N–H and O–H groups in total. The van der Waals surface area contributed by atoms with E-state index in [0.29, 0.717) is 0 Å². The lowest BCUT2D eigenvalue weighted by atomic mass is 10.2. The van der Waals surface area contributed by atoms with E-state index < -0.39 is 0 Å². The SMILES string of the molecule is CCC(C)N(CC(=O)Nc1ccc(Br)cc1)C(C)=O. The van der Waals surface area contributed by atoms with Gasteiger partial charge in [-0.1, -0.05) is 22.9 Å². The minimum atomic E-state index is -0.183. The lowest BCUT2D eigenvalue weighted by Crippen LogP contribution is -2.42. The van der Waals surface area contributed by atoms with Crippen LogP contribution < -0.4 is 5.32 Å². The Morgan fingerprint density at radius 1 is 1.32 bits per heavy atom. The van der Waals surface area contributed by atoms with Crippen molar-refractivity contribution in [3.63, 3.8) is 0 Å². The van der Waals surface area contributed by atoms with Crippen LogP contribution in [0.5, 0.6) is 0 Å². The fourth-order valence-corrected chi connectivity index (χ4v) is 1.95. The number of rotatable bonds is 5. The lowest BCUT2D eigenvalue weighted by molar-refractivity contribution is -0.134. The summed E-state index contributed by atoms with van der Waals surface area (Å²) in [7, 11) is 0. The van der Waals surface area contributed by atoms with Crippen LogP contribution in [-0.2, 0) is 9.59 Å². The summed E-state index contributed by atoms with van der Waals surface area (Å²) in [4.78, 5) is 25.0. The maximum atomic E-state index is 11.9. The van der Waals surface area contributed by atoms with Gasteiger partial charge in [-0.2, -0.15) is 0 Å². The predicted octanol–water partition coefficient (Wildman–Crippen LogP) is 3.03. The van der Waals surface area contributed by atoms with Crippen molar-refractivity contribution in [1.82, 2.24) is 4.90 Å². The molecule has 0 saturated carbocycles. The minimum absolute atomic E-state index is 0.0631. The molecule has 0 spiro atoms. The fourth-order valence-electron chi connectivity index (χ4n) is 1.69. The van der Waals surface area contributed by atoms with Gasteiger partial charge in [0.25, 0.3) is 0 Å². The molecule has 1 atom stereocenters. The molecule has 5 heteroatoms. The van der Waals surface area contributed by atoms with E-state index in [1.54, 1.807) is 4.90 Å². The summed E-state index contributed by atoms with van der Waals surface area (Å²) < 4.78 is 0.954. The minimum Gasteiger partial charge on any atom is -0.331 e. The third-order valence-electron chi connectivity index (χ3n) is 2.97. The number of hydrogen-bond donors (Lipinski definition) is 1. The number of nitrogens with zero attached hydrogens (tertiary/aromatic N) is 1. The zero-order valence-corrected chi connectivity index (χ0v) is 13.0. The number of hydrogen-bond acceptors (Lipinski definition) is 2. The van der Waals surface area contributed by atoms with Gasteiger partial charge in [-0.3, -0.25) is 9.59 Å². The molecule has 19 heavy (non-hydrogen) atoms. The quantitative estimate of drug-likeness (QED) is 0.904. The maximum Gasteiger partial charge on any atom is 0.244 e. The summed E-state index contributed by atoms with van der Waals surface area (Å²) in [5.74, 6) is -0.266. The monoisotopic (exact) mass is 326 g/mol. The Kier molecular flexibility index (Phi) is 6.02. The number of halogens is 1. The first-order valence-electron chi connectivity index (χ1n) is 6.26. The van der Waals surface area contributed by atoms with Crippen LogP contribution in [0.2, 0.25) is 0 Å². The van der Waals surface area contributed by atoms with Crippen LogP contribution in [0.25, 0.3) is 0 Å². The van der Waals surface area contributed by atoms with Crippen molar-refractivity contribution in [2.24, 2.45) is 0 Å². The van der Waals surface area contributed by atoms with Gasteiger partial charge in [0.2, 0.25) is 11.8 Å². The van der Waals surface area contributed by atoms with Gasteiger partial charge in [0.1, 0.15) is 6.54 Å². The van der Waals surface area contributed by atoms with Gasteiger partial charge in [-0.05, 0) is 37.6 Å². The van der Waals surface area contributed by atoms with Crippen molar-refractivity contribution >= 4 is 33.4 Å². The van der Waals surface area contributed by atoms with E-state index in [-0.39, 0.29) is 24.4 Å². The average molecular weight is 327 g/mol. The zero-order chi connectivity index (χ0) is 14.4. The highest BCUT2D eigenvalue weighted by atomic mass is 79.9. The Hall–Kier alpha value is -1.36. The lowest BCUT2D eigenvalue weighted by Gasteiger charge is -2.26. The molecule has 0 fully saturated rings. The van der Waals surface area contributed by atoms with Crippen LogP contribution in [0.3, 0.4) is 0 Å². The Morgan fingerprint density at radius 2 is 1.89 bits per heavy atom. The molecule has 0 bridgehead atoms. The van der Waals surface area contributed by atoms with E-state index in [9.17, 15) is 9.59 Å². The molecule has 0 saturated heterocycles. The average Bonchev–Trinajstić information content (AvgIpc) is 2.37. The number of carbonyl (C=O) groups is 2. The normalized spacial score (nSPS) is 11.8. The molecule has 1 aromatic carbocycles. The summed E-state index contributed by atoms with van der Waals surface area (Å²) in [6.45, 7) is 5.50. The molecule has 2 amide bonds. The number of carbonyl (C=O) groups excluding carboxylic acids is 2. The number of benzene rings is 1. The summed E-state index contributed by atoms with van der Waals surface area (Å²) in [6, 6.07) is 7.39. The summed E-state index contributed by atoms with van der Waals surface area (Å²) in [6.07, 6.45) is 0.825. The summed E-state index contributed by atoms with van der Waals surface area (Å²) >= 11 is 3.33. The van der Waals surface area contributed by atoms with E-state index in [1.165, 1.54) is 6.92 Å². The van der Waals surface area contributed by atoms with Gasteiger partial charge in [0, 0.05) is 23.1 Å². The van der Waals surface area contributed by atoms with E-state index in [4.69, 9.17) is 0 Å². The molecule has 1 unspecified atom stereocenters. The molecule has 0 aromatic heterocycles. The number of nitrogens with one attached hydrogen (secondary N) is 1.